The number of nitrogen functional groups attached to an aromatic ring is 1. The molecule has 7 rings (SSSR count). The van der Waals surface area contributed by atoms with Gasteiger partial charge in [-0.1, -0.05) is 0 Å². The van der Waals surface area contributed by atoms with E-state index in [1.807, 2.05) is 0 Å². The lowest BCUT2D eigenvalue weighted by Gasteiger charge is -2.15. The van der Waals surface area contributed by atoms with Crippen molar-refractivity contribution in [1.29, 1.82) is 0 Å². The quantitative estimate of drug-likeness (QED) is 0.0139. The lowest BCUT2D eigenvalue weighted by atomic mass is 10.0. The molecule has 0 aromatic heterocycles. The number of nitrogens with zero attached hydrogens (tertiary/aromatic N) is 9. The Morgan fingerprint density at radius 1 is 0.439 bits per heavy atom. The van der Waals surface area contributed by atoms with E-state index >= 15 is 0 Å². The number of fused-ring (bicyclic) bond motifs is 2. The zero-order valence-corrected chi connectivity index (χ0v) is 45.3. The van der Waals surface area contributed by atoms with Crippen LogP contribution in [0.2, 0.25) is 0 Å². The van der Waals surface area contributed by atoms with Crippen molar-refractivity contribution >= 4 is 149 Å². The minimum atomic E-state index is -5.76. The Kier molecular flexibility index (Phi) is 16.3. The van der Waals surface area contributed by atoms with Crippen LogP contribution in [0.4, 0.5) is 56.9 Å². The van der Waals surface area contributed by atoms with Gasteiger partial charge in [-0.2, -0.15) is 60.7 Å². The van der Waals surface area contributed by atoms with Crippen LogP contribution in [-0.4, -0.2) is 119 Å². The van der Waals surface area contributed by atoms with Gasteiger partial charge in [-0.05, 0) is 78.9 Å². The molecule has 0 fully saturated rings. The predicted octanol–water partition coefficient (Wildman–Crippen LogP) is 6.80. The minimum absolute atomic E-state index is 0.0365. The summed E-state index contributed by atoms with van der Waals surface area (Å²) >= 11 is 0. The van der Waals surface area contributed by atoms with E-state index in [0.29, 0.717) is 36.4 Å². The van der Waals surface area contributed by atoms with Crippen molar-refractivity contribution < 1.29 is 106 Å². The molecule has 0 bridgehead atoms. The maximum atomic E-state index is 13.1. The molecule has 0 spiro atoms. The average molecular weight is 1280 g/mol. The average Bonchev–Trinajstić information content (AvgIpc) is 3.56. The molecule has 432 valence electrons. The summed E-state index contributed by atoms with van der Waals surface area (Å²) in [5, 5.41) is 68.0. The maximum absolute atomic E-state index is 13.1. The number of hydrogen-bond acceptors (Lipinski definition) is 28. The van der Waals surface area contributed by atoms with Gasteiger partial charge >= 0.3 is 0 Å². The number of phenolic OH excluding ortho intramolecular Hbond substituents is 2. The Labute approximate surface area is 458 Å². The van der Waals surface area contributed by atoms with Crippen LogP contribution in [0.5, 0.6) is 11.5 Å². The summed E-state index contributed by atoms with van der Waals surface area (Å²) in [7, 11) is -37.3. The number of aliphatic hydroxyl groups is 1. The Morgan fingerprint density at radius 3 is 1.40 bits per heavy atom. The van der Waals surface area contributed by atoms with Gasteiger partial charge in [0, 0.05) is 28.3 Å². The van der Waals surface area contributed by atoms with Gasteiger partial charge in [-0.25, -0.2) is 8.42 Å². The third kappa shape index (κ3) is 12.9. The van der Waals surface area contributed by atoms with Crippen molar-refractivity contribution in [2.75, 3.05) is 18.1 Å². The van der Waals surface area contributed by atoms with Crippen molar-refractivity contribution in [3.63, 3.8) is 0 Å². The van der Waals surface area contributed by atoms with Crippen LogP contribution in [0.3, 0.4) is 0 Å². The van der Waals surface area contributed by atoms with Gasteiger partial charge < -0.3 is 21.1 Å². The normalized spacial score (nSPS) is 13.4. The number of azo groups is 4. The van der Waals surface area contributed by atoms with Crippen LogP contribution in [-0.2, 0) is 70.5 Å². The van der Waals surface area contributed by atoms with Crippen molar-refractivity contribution in [1.82, 2.24) is 0 Å². The number of non-ortho nitro benzene ring substituents is 1. The number of hydrogen-bond donors (Lipinski definition) is 10. The zero-order valence-electron chi connectivity index (χ0n) is 39.6. The summed E-state index contributed by atoms with van der Waals surface area (Å²) in [5.74, 6) is -3.51. The van der Waals surface area contributed by atoms with Gasteiger partial charge in [-0.15, -0.1) is 30.7 Å². The standard InChI is InChI=1S/C40H30N10O25S7/c41-35-28(17-29(77(58,59)60)24-16-33(81(70,71)72)37(39(53)34(24)35)49-45-26-9-4-20(50(54)55)14-31(26)79(64,65)66)47-46-27-10-7-22-23(40(27)82(73,74)75)15-32(80(67,68)69)36(38(22)52)48-44-25-8-3-19(13-30(25)78(61,62)63)43-42-18-1-5-21(6-2-18)76(56,57)12-11-51/h1-10,13-17,51-53H,11-12,41H2,(H,58,59,60)(H,61,62,63)(H,64,65,66)(H,67,68,69)(H,70,71,72)(H,73,74,75)/b43-42-,47-46?,48-44-,49-45-. The second-order valence-corrected chi connectivity index (χ2v) is 26.5. The molecule has 42 heteroatoms. The van der Waals surface area contributed by atoms with Crippen LogP contribution < -0.4 is 5.73 Å². The summed E-state index contributed by atoms with van der Waals surface area (Å²) in [6.07, 6.45) is 0. The predicted molar refractivity (Wildman–Crippen MR) is 276 cm³/mol. The number of sulfone groups is 1. The largest absolute Gasteiger partial charge is 0.505 e. The van der Waals surface area contributed by atoms with Crippen molar-refractivity contribution in [3.8, 4) is 11.5 Å². The van der Waals surface area contributed by atoms with Gasteiger partial charge in [0.05, 0.1) is 44.6 Å². The van der Waals surface area contributed by atoms with Gasteiger partial charge in [0.1, 0.15) is 63.5 Å². The second-order valence-electron chi connectivity index (χ2n) is 16.1. The molecule has 0 saturated carbocycles. The molecule has 0 heterocycles. The van der Waals surface area contributed by atoms with E-state index in [1.54, 1.807) is 0 Å². The highest BCUT2D eigenvalue weighted by atomic mass is 32.2. The van der Waals surface area contributed by atoms with Crippen LogP contribution in [0.25, 0.3) is 21.5 Å². The van der Waals surface area contributed by atoms with E-state index in [0.717, 1.165) is 30.3 Å². The van der Waals surface area contributed by atoms with Gasteiger partial charge in [0.25, 0.3) is 66.4 Å². The Morgan fingerprint density at radius 2 is 0.890 bits per heavy atom. The van der Waals surface area contributed by atoms with Crippen LogP contribution in [0, 0.1) is 10.1 Å². The van der Waals surface area contributed by atoms with E-state index in [9.17, 15) is 107 Å². The fraction of sp³-hybridized carbons (Fsp3) is 0.0500. The molecular formula is C40H30N10O25S7. The van der Waals surface area contributed by atoms with Crippen molar-refractivity contribution in [2.45, 2.75) is 34.3 Å². The zero-order chi connectivity index (χ0) is 61.0. The summed E-state index contributed by atoms with van der Waals surface area (Å²) in [6.45, 7) is -0.650. The fourth-order valence-electron chi connectivity index (χ4n) is 7.27. The number of nitro groups is 1. The number of phenols is 2. The number of nitrogens with two attached hydrogens (primary N) is 1. The Balaban J connectivity index is 1.36. The van der Waals surface area contributed by atoms with E-state index in [2.05, 4.69) is 40.9 Å². The Bertz CT molecular complexity index is 4890. The molecule has 0 radical (unpaired) electrons. The number of benzene rings is 7. The number of anilines is 1. The molecule has 0 saturated heterocycles. The molecule has 0 unspecified atom stereocenters. The molecular weight excluding hydrogens is 1240 g/mol. The monoisotopic (exact) mass is 1270 g/mol. The van der Waals surface area contributed by atoms with E-state index < -0.39 is 196 Å². The first-order valence-corrected chi connectivity index (χ1v) is 31.4. The molecule has 0 atom stereocenters. The van der Waals surface area contributed by atoms with Gasteiger partial charge in [0.2, 0.25) is 0 Å². The van der Waals surface area contributed by atoms with E-state index in [-0.39, 0.29) is 28.4 Å². The fourth-order valence-corrected chi connectivity index (χ4v) is 12.4. The number of rotatable bonds is 18. The second kappa shape index (κ2) is 21.8. The molecule has 7 aromatic carbocycles. The van der Waals surface area contributed by atoms with E-state index in [4.69, 9.17) is 10.8 Å². The third-order valence-corrected chi connectivity index (χ3v) is 17.9. The lowest BCUT2D eigenvalue weighted by molar-refractivity contribution is -0.385. The molecule has 35 nitrogen and oxygen atoms in total. The summed E-state index contributed by atoms with van der Waals surface area (Å²) < 4.78 is 237. The highest BCUT2D eigenvalue weighted by Gasteiger charge is 2.31. The van der Waals surface area contributed by atoms with Gasteiger partial charge in [-0.3, -0.25) is 37.4 Å². The molecule has 0 amide bonds. The SMILES string of the molecule is Nc1c(N=Nc2ccc3c(O)c(/N=N\c4ccc(/N=N\c5ccc(S(=O)(=O)CCO)cc5)cc4S(=O)(=O)O)c(S(=O)(=O)O)cc3c2S(=O)(=O)O)cc(S(=O)(=O)O)c2cc(S(=O)(=O)O)c(/N=N\c3ccc([N+](=O)[O-])cc3S(=O)(=O)O)c(O)c12. The smallest absolute Gasteiger partial charge is 0.297 e. The summed E-state index contributed by atoms with van der Waals surface area (Å²) in [6, 6.07) is 11.0. The topological polar surface area (TPSA) is 589 Å². The van der Waals surface area contributed by atoms with Crippen LogP contribution in [0.1, 0.15) is 0 Å². The Hall–Kier alpha value is -8.37. The van der Waals surface area contributed by atoms with Crippen LogP contribution in [0.15, 0.2) is 166 Å². The summed E-state index contributed by atoms with van der Waals surface area (Å²) in [4.78, 5) is 1.72. The summed E-state index contributed by atoms with van der Waals surface area (Å²) in [5.41, 5.74) is -2.45. The van der Waals surface area contributed by atoms with Gasteiger partial charge in [0.15, 0.2) is 21.3 Å². The molecule has 0 aliphatic heterocycles. The first kappa shape index (κ1) is 61.3. The van der Waals surface area contributed by atoms with Crippen LogP contribution >= 0.6 is 0 Å². The van der Waals surface area contributed by atoms with Crippen molar-refractivity contribution in [3.05, 3.63) is 101 Å². The first-order chi connectivity index (χ1) is 37.7. The molecule has 82 heavy (non-hydrogen) atoms. The van der Waals surface area contributed by atoms with E-state index in [1.165, 1.54) is 12.1 Å². The highest BCUT2D eigenvalue weighted by Crippen LogP contribution is 2.50. The number of aliphatic hydroxyl groups excluding tert-OH is 1. The van der Waals surface area contributed by atoms with Crippen molar-refractivity contribution in [2.24, 2.45) is 40.9 Å². The highest BCUT2D eigenvalue weighted by molar-refractivity contribution is 7.91. The maximum Gasteiger partial charge on any atom is 0.297 e. The molecule has 0 aliphatic rings. The molecule has 11 N–H and O–H groups in total. The third-order valence-electron chi connectivity index (χ3n) is 10.8. The minimum Gasteiger partial charge on any atom is -0.505 e. The number of aromatic hydroxyl groups is 2. The molecule has 0 aliphatic carbocycles. The number of nitro benzene ring substituents is 1. The molecule has 7 aromatic rings. The first-order valence-electron chi connectivity index (χ1n) is 21.1. The lowest BCUT2D eigenvalue weighted by Crippen LogP contribution is -2.09.